The van der Waals surface area contributed by atoms with Crippen LogP contribution in [-0.2, 0) is 7.05 Å². The van der Waals surface area contributed by atoms with Gasteiger partial charge in [0.25, 0.3) is 5.56 Å². The minimum atomic E-state index is -1.30. The van der Waals surface area contributed by atoms with Gasteiger partial charge in [-0.05, 0) is 38.3 Å². The molecule has 1 aromatic carbocycles. The maximum absolute atomic E-state index is 12.8. The minimum Gasteiger partial charge on any atom is -0.486 e. The molecule has 1 aliphatic rings. The third kappa shape index (κ3) is 2.68. The molecule has 0 radical (unpaired) electrons. The van der Waals surface area contributed by atoms with E-state index >= 15 is 0 Å². The van der Waals surface area contributed by atoms with Crippen molar-refractivity contribution in [1.82, 2.24) is 19.1 Å². The maximum Gasteiger partial charge on any atom is 0.358 e. The third-order valence-electron chi connectivity index (χ3n) is 4.98. The first-order chi connectivity index (χ1) is 13.0. The normalized spacial score (nSPS) is 14.3. The van der Waals surface area contributed by atoms with Crippen LogP contribution >= 0.6 is 0 Å². The number of carboxylic acid groups (broad SMARTS) is 1. The van der Waals surface area contributed by atoms with Crippen LogP contribution in [-0.4, -0.2) is 36.8 Å². The number of ether oxygens (including phenoxy) is 1. The molecule has 8 nitrogen and oxygen atoms in total. The molecular formula is C19H20N4O4. The number of benzene rings is 1. The molecule has 2 aromatic heterocycles. The van der Waals surface area contributed by atoms with Crippen LogP contribution in [0, 0.1) is 0 Å². The van der Waals surface area contributed by atoms with Crippen molar-refractivity contribution in [2.24, 2.45) is 7.05 Å². The van der Waals surface area contributed by atoms with Crippen LogP contribution in [0.4, 0.5) is 0 Å². The average molecular weight is 368 g/mol. The van der Waals surface area contributed by atoms with Gasteiger partial charge < -0.3 is 14.4 Å². The summed E-state index contributed by atoms with van der Waals surface area (Å²) in [4.78, 5) is 33.4. The van der Waals surface area contributed by atoms with Gasteiger partial charge in [-0.1, -0.05) is 12.1 Å². The van der Waals surface area contributed by atoms with E-state index in [2.05, 4.69) is 14.5 Å². The van der Waals surface area contributed by atoms with Gasteiger partial charge in [0.05, 0.1) is 17.6 Å². The first kappa shape index (κ1) is 17.3. The second-order valence-electron chi connectivity index (χ2n) is 6.59. The Hall–Kier alpha value is -3.16. The molecule has 1 aliphatic carbocycles. The van der Waals surface area contributed by atoms with E-state index in [1.54, 1.807) is 14.0 Å². The fourth-order valence-electron chi connectivity index (χ4n) is 3.42. The molecule has 0 amide bonds. The molecule has 0 aliphatic heterocycles. The summed E-state index contributed by atoms with van der Waals surface area (Å²) >= 11 is 0. The Morgan fingerprint density at radius 3 is 2.63 bits per heavy atom. The van der Waals surface area contributed by atoms with Gasteiger partial charge in [-0.3, -0.25) is 9.36 Å². The van der Waals surface area contributed by atoms with Crippen molar-refractivity contribution in [3.8, 4) is 17.4 Å². The predicted molar refractivity (Wildman–Crippen MR) is 99.2 cm³/mol. The molecule has 0 unspecified atom stereocenters. The lowest BCUT2D eigenvalue weighted by Crippen LogP contribution is -2.27. The van der Waals surface area contributed by atoms with E-state index in [1.165, 1.54) is 4.57 Å². The zero-order chi connectivity index (χ0) is 19.1. The Labute approximate surface area is 155 Å². The molecule has 3 aromatic rings. The lowest BCUT2D eigenvalue weighted by molar-refractivity contribution is 0.0685. The highest BCUT2D eigenvalue weighted by molar-refractivity contribution is 5.89. The number of hydrogen-bond donors (Lipinski definition) is 1. The van der Waals surface area contributed by atoms with Crippen molar-refractivity contribution >= 4 is 17.0 Å². The van der Waals surface area contributed by atoms with Crippen molar-refractivity contribution in [2.45, 2.75) is 32.2 Å². The summed E-state index contributed by atoms with van der Waals surface area (Å²) in [5.41, 5.74) is 0.824. The van der Waals surface area contributed by atoms with E-state index in [1.807, 2.05) is 24.3 Å². The van der Waals surface area contributed by atoms with Crippen LogP contribution < -0.4 is 10.3 Å². The Kier molecular flexibility index (Phi) is 4.18. The molecule has 0 bridgehead atoms. The molecule has 1 fully saturated rings. The summed E-state index contributed by atoms with van der Waals surface area (Å²) in [6.07, 6.45) is 3.17. The topological polar surface area (TPSA) is 99.2 Å². The predicted octanol–water partition coefficient (Wildman–Crippen LogP) is 2.62. The Morgan fingerprint density at radius 1 is 1.26 bits per heavy atom. The van der Waals surface area contributed by atoms with Gasteiger partial charge >= 0.3 is 5.97 Å². The lowest BCUT2D eigenvalue weighted by atomic mass is 9.92. The van der Waals surface area contributed by atoms with E-state index in [0.717, 1.165) is 30.3 Å². The Bertz CT molecular complexity index is 1100. The number of nitrogens with zero attached hydrogens (tertiary/aromatic N) is 4. The lowest BCUT2D eigenvalue weighted by Gasteiger charge is -2.29. The van der Waals surface area contributed by atoms with Crippen LogP contribution in [0.5, 0.6) is 5.75 Å². The molecule has 4 rings (SSSR count). The first-order valence-electron chi connectivity index (χ1n) is 8.97. The van der Waals surface area contributed by atoms with Gasteiger partial charge in [0.2, 0.25) is 5.75 Å². The van der Waals surface area contributed by atoms with Gasteiger partial charge in [-0.2, -0.15) is 0 Å². The van der Waals surface area contributed by atoms with Crippen LogP contribution in [0.3, 0.4) is 0 Å². The van der Waals surface area contributed by atoms with Gasteiger partial charge in [0.1, 0.15) is 0 Å². The molecule has 1 saturated carbocycles. The Morgan fingerprint density at radius 2 is 2.00 bits per heavy atom. The Balaban J connectivity index is 2.02. The number of carboxylic acids is 1. The summed E-state index contributed by atoms with van der Waals surface area (Å²) in [7, 11) is 1.56. The van der Waals surface area contributed by atoms with Gasteiger partial charge in [0, 0.05) is 13.1 Å². The van der Waals surface area contributed by atoms with E-state index in [4.69, 9.17) is 4.74 Å². The maximum atomic E-state index is 12.8. The number of rotatable bonds is 5. The quantitative estimate of drug-likeness (QED) is 0.743. The SMILES string of the molecule is CCOc1c(C(=O)O)nc(-c2nc3ccccc3n2C2CCC2)n(C)c1=O. The standard InChI is InChI=1S/C19H20N4O4/c1-3-27-15-14(19(25)26)21-16(22(2)18(15)24)17-20-12-9-4-5-10-13(12)23(17)11-7-6-8-11/h4-5,9-11H,3,6-8H2,1-2H3,(H,25,26). The zero-order valence-corrected chi connectivity index (χ0v) is 15.2. The van der Waals surface area contributed by atoms with Crippen molar-refractivity contribution in [3.63, 3.8) is 0 Å². The molecule has 1 N–H and O–H groups in total. The molecule has 0 spiro atoms. The second-order valence-corrected chi connectivity index (χ2v) is 6.59. The molecular weight excluding hydrogens is 348 g/mol. The average Bonchev–Trinajstić information content (AvgIpc) is 2.97. The highest BCUT2D eigenvalue weighted by Crippen LogP contribution is 2.38. The van der Waals surface area contributed by atoms with Gasteiger partial charge in [0.15, 0.2) is 17.3 Å². The van der Waals surface area contributed by atoms with Crippen molar-refractivity contribution in [3.05, 3.63) is 40.3 Å². The van der Waals surface area contributed by atoms with Crippen molar-refractivity contribution in [2.75, 3.05) is 6.61 Å². The monoisotopic (exact) mass is 368 g/mol. The summed E-state index contributed by atoms with van der Waals surface area (Å²) < 4.78 is 8.66. The number of carbonyl (C=O) groups is 1. The molecule has 8 heteroatoms. The van der Waals surface area contributed by atoms with Crippen LogP contribution in [0.15, 0.2) is 29.1 Å². The highest BCUT2D eigenvalue weighted by atomic mass is 16.5. The second kappa shape index (κ2) is 6.53. The third-order valence-corrected chi connectivity index (χ3v) is 4.98. The first-order valence-corrected chi connectivity index (χ1v) is 8.97. The van der Waals surface area contributed by atoms with Crippen LogP contribution in [0.25, 0.3) is 22.7 Å². The number of para-hydroxylation sites is 2. The minimum absolute atomic E-state index is 0.178. The van der Waals surface area contributed by atoms with E-state index < -0.39 is 11.5 Å². The smallest absolute Gasteiger partial charge is 0.358 e. The summed E-state index contributed by atoms with van der Waals surface area (Å²) in [6.45, 7) is 1.87. The summed E-state index contributed by atoms with van der Waals surface area (Å²) in [5, 5.41) is 9.54. The fourth-order valence-corrected chi connectivity index (χ4v) is 3.42. The van der Waals surface area contributed by atoms with E-state index in [-0.39, 0.29) is 29.9 Å². The number of fused-ring (bicyclic) bond motifs is 1. The highest BCUT2D eigenvalue weighted by Gasteiger charge is 2.29. The largest absolute Gasteiger partial charge is 0.486 e. The number of aromatic nitrogens is 4. The van der Waals surface area contributed by atoms with Crippen LogP contribution in [0.2, 0.25) is 0 Å². The van der Waals surface area contributed by atoms with Gasteiger partial charge in [-0.15, -0.1) is 0 Å². The van der Waals surface area contributed by atoms with Crippen LogP contribution in [0.1, 0.15) is 42.7 Å². The molecule has 27 heavy (non-hydrogen) atoms. The van der Waals surface area contributed by atoms with Gasteiger partial charge in [-0.25, -0.2) is 14.8 Å². The van der Waals surface area contributed by atoms with Crippen molar-refractivity contribution in [1.29, 1.82) is 0 Å². The molecule has 140 valence electrons. The van der Waals surface area contributed by atoms with Crippen molar-refractivity contribution < 1.29 is 14.6 Å². The molecule has 0 saturated heterocycles. The van der Waals surface area contributed by atoms with E-state index in [0.29, 0.717) is 5.82 Å². The number of hydrogen-bond acceptors (Lipinski definition) is 5. The zero-order valence-electron chi connectivity index (χ0n) is 15.2. The number of aromatic carboxylic acids is 1. The molecule has 2 heterocycles. The number of imidazole rings is 1. The summed E-state index contributed by atoms with van der Waals surface area (Å²) in [6, 6.07) is 7.99. The van der Waals surface area contributed by atoms with E-state index in [9.17, 15) is 14.7 Å². The fraction of sp³-hybridized carbons (Fsp3) is 0.368. The molecule has 0 atom stereocenters. The summed E-state index contributed by atoms with van der Waals surface area (Å²) in [5.74, 6) is -0.818.